The van der Waals surface area contributed by atoms with Crippen LogP contribution in [0.3, 0.4) is 0 Å². The molecule has 0 aromatic heterocycles. The highest BCUT2D eigenvalue weighted by molar-refractivity contribution is 7.66. The van der Waals surface area contributed by atoms with Crippen LogP contribution in [-0.2, 0) is 0 Å². The van der Waals surface area contributed by atoms with Crippen LogP contribution in [0.15, 0.2) is 30.3 Å². The molecule has 1 saturated heterocycles. The lowest BCUT2D eigenvalue weighted by atomic mass is 10.4. The Hall–Kier alpha value is -0.420. The molecule has 64 valence electrons. The number of rotatable bonds is 1. The van der Waals surface area contributed by atoms with Gasteiger partial charge in [-0.15, -0.1) is 0 Å². The van der Waals surface area contributed by atoms with E-state index < -0.39 is 13.8 Å². The first-order chi connectivity index (χ1) is 5.88. The third-order valence-corrected chi connectivity index (χ3v) is 4.96. The zero-order valence-corrected chi connectivity index (χ0v) is 7.81. The molecule has 0 radical (unpaired) electrons. The average Bonchev–Trinajstić information content (AvgIpc) is 2.53. The van der Waals surface area contributed by atoms with E-state index in [1.165, 1.54) is 5.30 Å². The minimum Gasteiger partial charge on any atom is -0.242 e. The van der Waals surface area contributed by atoms with Crippen molar-refractivity contribution in [3.8, 4) is 0 Å². The van der Waals surface area contributed by atoms with E-state index in [0.717, 1.165) is 19.0 Å². The van der Waals surface area contributed by atoms with E-state index in [9.17, 15) is 4.39 Å². The van der Waals surface area contributed by atoms with Crippen LogP contribution in [-0.4, -0.2) is 12.1 Å². The molecule has 0 amide bonds. The van der Waals surface area contributed by atoms with Crippen molar-refractivity contribution in [2.75, 3.05) is 6.16 Å². The van der Waals surface area contributed by atoms with E-state index >= 15 is 0 Å². The highest BCUT2D eigenvalue weighted by atomic mass is 31.1. The number of alkyl halides is 1. The lowest BCUT2D eigenvalue weighted by molar-refractivity contribution is 0.436. The van der Waals surface area contributed by atoms with Gasteiger partial charge in [-0.1, -0.05) is 30.3 Å². The lowest BCUT2D eigenvalue weighted by Crippen LogP contribution is -2.04. The van der Waals surface area contributed by atoms with Gasteiger partial charge in [-0.05, 0) is 32.2 Å². The Kier molecular flexibility index (Phi) is 2.41. The Morgan fingerprint density at radius 3 is 2.58 bits per heavy atom. The third kappa shape index (κ3) is 1.51. The van der Waals surface area contributed by atoms with E-state index in [0.29, 0.717) is 0 Å². The number of benzene rings is 1. The SMILES string of the molecule is FC1CCCP1c1ccccc1. The number of hydrogen-bond donors (Lipinski definition) is 0. The predicted molar refractivity (Wildman–Crippen MR) is 52.0 cm³/mol. The van der Waals surface area contributed by atoms with Crippen molar-refractivity contribution < 1.29 is 4.39 Å². The second-order valence-corrected chi connectivity index (χ2v) is 5.57. The zero-order valence-electron chi connectivity index (χ0n) is 6.91. The molecule has 12 heavy (non-hydrogen) atoms. The van der Waals surface area contributed by atoms with Crippen molar-refractivity contribution >= 4 is 13.2 Å². The van der Waals surface area contributed by atoms with Gasteiger partial charge >= 0.3 is 0 Å². The van der Waals surface area contributed by atoms with Gasteiger partial charge in [0.05, 0.1) is 0 Å². The van der Waals surface area contributed by atoms with Crippen LogP contribution in [0, 0.1) is 0 Å². The molecule has 1 heterocycles. The lowest BCUT2D eigenvalue weighted by Gasteiger charge is -2.12. The molecule has 1 aliphatic heterocycles. The van der Waals surface area contributed by atoms with Crippen LogP contribution in [0.2, 0.25) is 0 Å². The summed E-state index contributed by atoms with van der Waals surface area (Å²) >= 11 is 0. The molecule has 0 N–H and O–H groups in total. The molecule has 1 aromatic rings. The van der Waals surface area contributed by atoms with E-state index in [2.05, 4.69) is 12.1 Å². The van der Waals surface area contributed by atoms with Gasteiger partial charge in [-0.2, -0.15) is 0 Å². The largest absolute Gasteiger partial charge is 0.242 e. The Morgan fingerprint density at radius 2 is 2.00 bits per heavy atom. The Balaban J connectivity index is 2.19. The Bertz CT molecular complexity index is 247. The van der Waals surface area contributed by atoms with Gasteiger partial charge in [0.25, 0.3) is 0 Å². The van der Waals surface area contributed by atoms with Gasteiger partial charge in [-0.3, -0.25) is 0 Å². The predicted octanol–water partition coefficient (Wildman–Crippen LogP) is 2.88. The highest BCUT2D eigenvalue weighted by Gasteiger charge is 2.27. The summed E-state index contributed by atoms with van der Waals surface area (Å²) in [6.45, 7) is 0. The normalized spacial score (nSPS) is 29.1. The van der Waals surface area contributed by atoms with Crippen molar-refractivity contribution in [3.05, 3.63) is 30.3 Å². The minimum atomic E-state index is -0.539. The van der Waals surface area contributed by atoms with Crippen molar-refractivity contribution in [1.82, 2.24) is 0 Å². The van der Waals surface area contributed by atoms with Crippen molar-refractivity contribution in [2.24, 2.45) is 0 Å². The molecule has 0 nitrogen and oxygen atoms in total. The molecule has 1 fully saturated rings. The van der Waals surface area contributed by atoms with Crippen LogP contribution in [0.25, 0.3) is 0 Å². The van der Waals surface area contributed by atoms with Crippen LogP contribution >= 0.6 is 7.92 Å². The first-order valence-corrected chi connectivity index (χ1v) is 5.93. The smallest absolute Gasteiger partial charge is 0.123 e. The van der Waals surface area contributed by atoms with Crippen LogP contribution in [0.5, 0.6) is 0 Å². The fraction of sp³-hybridized carbons (Fsp3) is 0.400. The summed E-state index contributed by atoms with van der Waals surface area (Å²) in [7, 11) is -0.468. The molecule has 1 aliphatic rings. The zero-order chi connectivity index (χ0) is 8.39. The molecule has 2 rings (SSSR count). The summed E-state index contributed by atoms with van der Waals surface area (Å²) in [6, 6.07) is 10.1. The molecule has 1 aromatic carbocycles. The molecule has 0 bridgehead atoms. The fourth-order valence-corrected chi connectivity index (χ4v) is 4.07. The third-order valence-electron chi connectivity index (χ3n) is 2.27. The first-order valence-electron chi connectivity index (χ1n) is 4.34. The molecule has 0 aliphatic carbocycles. The molecule has 2 heteroatoms. The quantitative estimate of drug-likeness (QED) is 0.586. The molecule has 2 atom stereocenters. The van der Waals surface area contributed by atoms with E-state index in [-0.39, 0.29) is 0 Å². The van der Waals surface area contributed by atoms with Gasteiger partial charge in [0.2, 0.25) is 0 Å². The summed E-state index contributed by atoms with van der Waals surface area (Å²) in [5.74, 6) is -0.539. The maximum atomic E-state index is 13.3. The molecular weight excluding hydrogens is 170 g/mol. The molecule has 0 saturated carbocycles. The summed E-state index contributed by atoms with van der Waals surface area (Å²) in [4.78, 5) is 0. The van der Waals surface area contributed by atoms with Crippen molar-refractivity contribution in [3.63, 3.8) is 0 Å². The monoisotopic (exact) mass is 182 g/mol. The van der Waals surface area contributed by atoms with Gasteiger partial charge in [0.1, 0.15) is 5.91 Å². The van der Waals surface area contributed by atoms with E-state index in [4.69, 9.17) is 0 Å². The maximum absolute atomic E-state index is 13.3. The van der Waals surface area contributed by atoms with Crippen LogP contribution < -0.4 is 5.30 Å². The topological polar surface area (TPSA) is 0 Å². The van der Waals surface area contributed by atoms with Gasteiger partial charge < -0.3 is 0 Å². The van der Waals surface area contributed by atoms with E-state index in [1.54, 1.807) is 0 Å². The summed E-state index contributed by atoms with van der Waals surface area (Å²) in [5, 5.41) is 1.23. The second kappa shape index (κ2) is 3.53. The highest BCUT2D eigenvalue weighted by Crippen LogP contribution is 2.49. The van der Waals surface area contributed by atoms with Crippen LogP contribution in [0.1, 0.15) is 12.8 Å². The van der Waals surface area contributed by atoms with E-state index in [1.807, 2.05) is 18.2 Å². The fourth-order valence-electron chi connectivity index (χ4n) is 1.64. The summed E-state index contributed by atoms with van der Waals surface area (Å²) in [5.41, 5.74) is 0. The van der Waals surface area contributed by atoms with Gasteiger partial charge in [0.15, 0.2) is 0 Å². The molecular formula is C10H12FP. The standard InChI is InChI=1S/C10H12FP/c11-10-7-4-8-12(10)9-5-2-1-3-6-9/h1-3,5-6,10H,4,7-8H2. The summed E-state index contributed by atoms with van der Waals surface area (Å²) in [6.07, 6.45) is 2.93. The first kappa shape index (κ1) is 8.19. The average molecular weight is 182 g/mol. The van der Waals surface area contributed by atoms with Crippen LogP contribution in [0.4, 0.5) is 4.39 Å². The molecule has 0 spiro atoms. The summed E-state index contributed by atoms with van der Waals surface area (Å²) < 4.78 is 13.3. The number of halogens is 1. The van der Waals surface area contributed by atoms with Gasteiger partial charge in [0, 0.05) is 0 Å². The van der Waals surface area contributed by atoms with Gasteiger partial charge in [-0.25, -0.2) is 4.39 Å². The van der Waals surface area contributed by atoms with Crippen molar-refractivity contribution in [1.29, 1.82) is 0 Å². The number of hydrogen-bond acceptors (Lipinski definition) is 0. The molecule has 2 unspecified atom stereocenters. The Labute approximate surface area is 73.6 Å². The van der Waals surface area contributed by atoms with Crippen molar-refractivity contribution in [2.45, 2.75) is 18.8 Å². The second-order valence-electron chi connectivity index (χ2n) is 3.11. The minimum absolute atomic E-state index is 0.468. The Morgan fingerprint density at radius 1 is 1.25 bits per heavy atom. The maximum Gasteiger partial charge on any atom is 0.123 e.